The molecule has 30 heavy (non-hydrogen) atoms. The molecule has 1 aliphatic carbocycles. The van der Waals surface area contributed by atoms with Gasteiger partial charge in [-0.1, -0.05) is 26.0 Å². The quantitative estimate of drug-likeness (QED) is 0.688. The first-order valence-corrected chi connectivity index (χ1v) is 10.6. The van der Waals surface area contributed by atoms with Crippen molar-refractivity contribution in [2.75, 3.05) is 13.2 Å². The van der Waals surface area contributed by atoms with Gasteiger partial charge in [-0.25, -0.2) is 9.18 Å². The van der Waals surface area contributed by atoms with E-state index in [-0.39, 0.29) is 29.7 Å². The summed E-state index contributed by atoms with van der Waals surface area (Å²) in [5.74, 6) is -1.80. The number of ketones is 1. The number of ether oxygens (including phenoxy) is 2. The van der Waals surface area contributed by atoms with Gasteiger partial charge >= 0.3 is 5.97 Å². The van der Waals surface area contributed by atoms with Gasteiger partial charge in [0.25, 0.3) is 0 Å². The Morgan fingerprint density at radius 2 is 1.97 bits per heavy atom. The number of fused-ring (bicyclic) bond motifs is 1. The number of nitrogens with zero attached hydrogens (tertiary/aromatic N) is 1. The number of rotatable bonds is 4. The molecule has 2 fully saturated rings. The number of aliphatic imine (C=N–C) groups is 1. The minimum atomic E-state index is -0.516. The highest BCUT2D eigenvalue weighted by atomic mass is 19.1. The smallest absolute Gasteiger partial charge is 0.336 e. The molecule has 1 saturated heterocycles. The van der Waals surface area contributed by atoms with E-state index in [4.69, 9.17) is 14.5 Å². The summed E-state index contributed by atoms with van der Waals surface area (Å²) in [5.41, 5.74) is 2.32. The number of carbonyl (C=O) groups excluding carboxylic acids is 2. The number of benzene rings is 1. The van der Waals surface area contributed by atoms with E-state index in [1.165, 1.54) is 12.1 Å². The zero-order chi connectivity index (χ0) is 21.5. The van der Waals surface area contributed by atoms with Crippen LogP contribution in [0.25, 0.3) is 0 Å². The molecule has 5 nitrogen and oxygen atoms in total. The van der Waals surface area contributed by atoms with Crippen LogP contribution >= 0.6 is 0 Å². The second-order valence-electron chi connectivity index (χ2n) is 9.33. The first-order chi connectivity index (χ1) is 14.2. The normalized spacial score (nSPS) is 28.2. The highest BCUT2D eigenvalue weighted by Gasteiger charge is 2.47. The third kappa shape index (κ3) is 4.10. The summed E-state index contributed by atoms with van der Waals surface area (Å²) >= 11 is 0. The standard InChI is InChI=1S/C24H28FNO4/c1-14-20(23(28)30-13-17-5-4-10-29-17)21(15-6-8-16(25)9-7-15)22-18(26-14)11-24(2,3)12-19(22)27/h6-9,17,21-22H,4-5,10-13H2,1-3H3/t17-,21-,22+/m1/s1. The van der Waals surface area contributed by atoms with Crippen LogP contribution in [-0.4, -0.2) is 36.8 Å². The Labute approximate surface area is 176 Å². The third-order valence-corrected chi connectivity index (χ3v) is 6.24. The second-order valence-corrected chi connectivity index (χ2v) is 9.33. The van der Waals surface area contributed by atoms with Crippen LogP contribution in [0.15, 0.2) is 40.5 Å². The maximum atomic E-state index is 13.6. The van der Waals surface area contributed by atoms with Gasteiger partial charge in [-0.3, -0.25) is 9.79 Å². The van der Waals surface area contributed by atoms with Crippen LogP contribution in [0.4, 0.5) is 4.39 Å². The van der Waals surface area contributed by atoms with Crippen molar-refractivity contribution >= 4 is 17.5 Å². The Bertz CT molecular complexity index is 910. The number of Topliss-reactive ketones (excluding diaryl/α,β-unsaturated/α-hetero) is 1. The third-order valence-electron chi connectivity index (χ3n) is 6.24. The zero-order valence-electron chi connectivity index (χ0n) is 17.7. The molecule has 6 heteroatoms. The molecule has 2 heterocycles. The molecule has 0 aromatic heterocycles. The van der Waals surface area contributed by atoms with Crippen LogP contribution in [0.3, 0.4) is 0 Å². The van der Waals surface area contributed by atoms with E-state index in [0.717, 1.165) is 24.1 Å². The number of hydrogen-bond acceptors (Lipinski definition) is 5. The van der Waals surface area contributed by atoms with Crippen molar-refractivity contribution in [1.29, 1.82) is 0 Å². The van der Waals surface area contributed by atoms with Gasteiger partial charge in [0, 0.05) is 30.4 Å². The molecular formula is C24H28FNO4. The lowest BCUT2D eigenvalue weighted by Gasteiger charge is -2.41. The van der Waals surface area contributed by atoms with Crippen molar-refractivity contribution < 1.29 is 23.5 Å². The average Bonchev–Trinajstić information content (AvgIpc) is 3.18. The van der Waals surface area contributed by atoms with Crippen LogP contribution in [0.1, 0.15) is 57.9 Å². The molecule has 0 amide bonds. The molecule has 3 aliphatic rings. The molecule has 4 rings (SSSR count). The lowest BCUT2D eigenvalue weighted by molar-refractivity contribution is -0.142. The maximum Gasteiger partial charge on any atom is 0.336 e. The molecular weight excluding hydrogens is 385 g/mol. The first-order valence-electron chi connectivity index (χ1n) is 10.6. The minimum absolute atomic E-state index is 0.0660. The van der Waals surface area contributed by atoms with E-state index in [0.29, 0.717) is 30.7 Å². The second kappa shape index (κ2) is 8.06. The molecule has 1 aromatic rings. The van der Waals surface area contributed by atoms with E-state index >= 15 is 0 Å². The fourth-order valence-electron chi connectivity index (χ4n) is 4.91. The number of hydrogen-bond donors (Lipinski definition) is 0. The Morgan fingerprint density at radius 3 is 2.63 bits per heavy atom. The van der Waals surface area contributed by atoms with Crippen molar-refractivity contribution in [2.24, 2.45) is 16.3 Å². The summed E-state index contributed by atoms with van der Waals surface area (Å²) in [6, 6.07) is 6.03. The summed E-state index contributed by atoms with van der Waals surface area (Å²) in [5, 5.41) is 0. The van der Waals surface area contributed by atoms with E-state index < -0.39 is 17.8 Å². The van der Waals surface area contributed by atoms with Gasteiger partial charge in [-0.2, -0.15) is 0 Å². The molecule has 0 radical (unpaired) electrons. The molecule has 0 unspecified atom stereocenters. The maximum absolute atomic E-state index is 13.6. The van der Waals surface area contributed by atoms with Gasteiger partial charge < -0.3 is 9.47 Å². The predicted octanol–water partition coefficient (Wildman–Crippen LogP) is 4.37. The monoisotopic (exact) mass is 413 g/mol. The summed E-state index contributed by atoms with van der Waals surface area (Å²) in [6.45, 7) is 6.77. The van der Waals surface area contributed by atoms with Gasteiger partial charge in [-0.05, 0) is 49.3 Å². The van der Waals surface area contributed by atoms with E-state index in [1.54, 1.807) is 19.1 Å². The largest absolute Gasteiger partial charge is 0.460 e. The summed E-state index contributed by atoms with van der Waals surface area (Å²) in [7, 11) is 0. The van der Waals surface area contributed by atoms with Gasteiger partial charge in [0.1, 0.15) is 18.2 Å². The molecule has 2 aliphatic heterocycles. The zero-order valence-corrected chi connectivity index (χ0v) is 17.7. The van der Waals surface area contributed by atoms with Crippen LogP contribution < -0.4 is 0 Å². The van der Waals surface area contributed by atoms with Crippen molar-refractivity contribution in [3.8, 4) is 0 Å². The van der Waals surface area contributed by atoms with E-state index in [2.05, 4.69) is 13.8 Å². The highest BCUT2D eigenvalue weighted by molar-refractivity contribution is 6.12. The first kappa shape index (κ1) is 20.9. The van der Waals surface area contributed by atoms with Crippen molar-refractivity contribution in [3.63, 3.8) is 0 Å². The number of halogens is 1. The molecule has 0 spiro atoms. The summed E-state index contributed by atoms with van der Waals surface area (Å²) < 4.78 is 24.7. The minimum Gasteiger partial charge on any atom is -0.460 e. The van der Waals surface area contributed by atoms with Crippen molar-refractivity contribution in [2.45, 2.75) is 58.5 Å². The van der Waals surface area contributed by atoms with Gasteiger partial charge in [-0.15, -0.1) is 0 Å². The highest BCUT2D eigenvalue weighted by Crippen LogP contribution is 2.47. The lowest BCUT2D eigenvalue weighted by atomic mass is 9.63. The fraction of sp³-hybridized carbons (Fsp3) is 0.542. The molecule has 1 saturated carbocycles. The van der Waals surface area contributed by atoms with Crippen molar-refractivity contribution in [3.05, 3.63) is 46.9 Å². The fourth-order valence-corrected chi connectivity index (χ4v) is 4.91. The van der Waals surface area contributed by atoms with E-state index in [9.17, 15) is 14.0 Å². The SMILES string of the molecule is CC1=C(C(=O)OC[C@H]2CCCO2)[C@@H](c2ccc(F)cc2)[C@@H]2C(=O)CC(C)(C)CC2=N1. The van der Waals surface area contributed by atoms with E-state index in [1.807, 2.05) is 0 Å². The Morgan fingerprint density at radius 1 is 1.23 bits per heavy atom. The predicted molar refractivity (Wildman–Crippen MR) is 111 cm³/mol. The molecule has 0 bridgehead atoms. The van der Waals surface area contributed by atoms with Gasteiger partial charge in [0.15, 0.2) is 0 Å². The Kier molecular flexibility index (Phi) is 5.62. The van der Waals surface area contributed by atoms with Crippen LogP contribution in [0.5, 0.6) is 0 Å². The molecule has 3 atom stereocenters. The number of allylic oxidation sites excluding steroid dienone is 1. The van der Waals surface area contributed by atoms with Crippen LogP contribution in [0.2, 0.25) is 0 Å². The van der Waals surface area contributed by atoms with Gasteiger partial charge in [0.05, 0.1) is 17.6 Å². The average molecular weight is 413 g/mol. The Hall–Kier alpha value is -2.34. The topological polar surface area (TPSA) is 65.0 Å². The molecule has 0 N–H and O–H groups in total. The number of carbonyl (C=O) groups is 2. The molecule has 1 aromatic carbocycles. The number of esters is 1. The van der Waals surface area contributed by atoms with Gasteiger partial charge in [0.2, 0.25) is 0 Å². The Balaban J connectivity index is 1.71. The lowest BCUT2D eigenvalue weighted by Crippen LogP contribution is -2.44. The van der Waals surface area contributed by atoms with Crippen LogP contribution in [0, 0.1) is 17.2 Å². The summed E-state index contributed by atoms with van der Waals surface area (Å²) in [6.07, 6.45) is 2.86. The molecule has 160 valence electrons. The van der Waals surface area contributed by atoms with Crippen LogP contribution in [-0.2, 0) is 19.1 Å². The van der Waals surface area contributed by atoms with Crippen molar-refractivity contribution in [1.82, 2.24) is 0 Å². The summed E-state index contributed by atoms with van der Waals surface area (Å²) in [4.78, 5) is 31.0.